The number of esters is 1. The first-order valence-corrected chi connectivity index (χ1v) is 16.6. The molecule has 49 heavy (non-hydrogen) atoms. The van der Waals surface area contributed by atoms with Crippen molar-refractivity contribution in [3.63, 3.8) is 0 Å². The number of para-hydroxylation sites is 1. The van der Waals surface area contributed by atoms with Crippen molar-refractivity contribution in [3.05, 3.63) is 123 Å². The Labute approximate surface area is 288 Å². The molecule has 0 N–H and O–H groups in total. The summed E-state index contributed by atoms with van der Waals surface area (Å²) in [7, 11) is 2.94. The standard InChI is InChI=1S/C38H36N4O6S/c1-24(2)37-39-30(23-49-37)17-16-29-20-42(31-9-7-6-8-10-31)41-36(29)47-21-26-11-18-33(34(19-26)44-4)46-22-32-25(3)48-35(40-32)27-12-14-28(15-13-27)38(43)45-5/h6-20,23-24H,21-22H2,1-5H3/b17-16+. The average molecular weight is 677 g/mol. The fourth-order valence-corrected chi connectivity index (χ4v) is 5.70. The number of methoxy groups -OCH3 is 2. The Bertz CT molecular complexity index is 2060. The number of carbonyl (C=O) groups is 1. The summed E-state index contributed by atoms with van der Waals surface area (Å²) in [6.07, 6.45) is 5.91. The third-order valence-corrected chi connectivity index (χ3v) is 8.77. The number of hydrogen-bond acceptors (Lipinski definition) is 10. The highest BCUT2D eigenvalue weighted by atomic mass is 32.1. The lowest BCUT2D eigenvalue weighted by Crippen LogP contribution is -2.02. The van der Waals surface area contributed by atoms with E-state index >= 15 is 0 Å². The van der Waals surface area contributed by atoms with Crippen molar-refractivity contribution in [2.75, 3.05) is 14.2 Å². The highest BCUT2D eigenvalue weighted by Gasteiger charge is 2.16. The van der Waals surface area contributed by atoms with Gasteiger partial charge in [-0.3, -0.25) is 0 Å². The first kappa shape index (κ1) is 33.2. The number of aromatic nitrogens is 4. The second kappa shape index (κ2) is 15.0. The zero-order valence-electron chi connectivity index (χ0n) is 27.9. The molecule has 3 heterocycles. The number of nitrogens with zero attached hydrogens (tertiary/aromatic N) is 4. The molecule has 0 bridgehead atoms. The van der Waals surface area contributed by atoms with E-state index in [1.165, 1.54) is 7.11 Å². The van der Waals surface area contributed by atoms with Crippen molar-refractivity contribution >= 4 is 29.5 Å². The van der Waals surface area contributed by atoms with Crippen LogP contribution in [-0.4, -0.2) is 39.9 Å². The van der Waals surface area contributed by atoms with E-state index in [0.717, 1.165) is 33.1 Å². The molecule has 0 aliphatic rings. The lowest BCUT2D eigenvalue weighted by atomic mass is 10.1. The Hall–Kier alpha value is -5.68. The van der Waals surface area contributed by atoms with Gasteiger partial charge in [-0.1, -0.05) is 38.1 Å². The van der Waals surface area contributed by atoms with Crippen LogP contribution in [0.5, 0.6) is 17.4 Å². The van der Waals surface area contributed by atoms with E-state index in [-0.39, 0.29) is 13.2 Å². The number of rotatable bonds is 13. The summed E-state index contributed by atoms with van der Waals surface area (Å²) in [6, 6.07) is 22.4. The second-order valence-corrected chi connectivity index (χ2v) is 12.3. The summed E-state index contributed by atoms with van der Waals surface area (Å²) >= 11 is 1.66. The van der Waals surface area contributed by atoms with Crippen molar-refractivity contribution in [2.24, 2.45) is 0 Å². The minimum absolute atomic E-state index is 0.173. The number of ether oxygens (including phenoxy) is 4. The van der Waals surface area contributed by atoms with E-state index in [1.807, 2.05) is 78.5 Å². The predicted octanol–water partition coefficient (Wildman–Crippen LogP) is 8.54. The Kier molecular flexibility index (Phi) is 10.2. The van der Waals surface area contributed by atoms with Crippen LogP contribution >= 0.6 is 11.3 Å². The molecule has 3 aromatic carbocycles. The fraction of sp³-hybridized carbons (Fsp3) is 0.211. The largest absolute Gasteiger partial charge is 0.493 e. The van der Waals surface area contributed by atoms with Gasteiger partial charge in [0.05, 0.1) is 41.7 Å². The van der Waals surface area contributed by atoms with Crippen molar-refractivity contribution < 1.29 is 28.2 Å². The maximum Gasteiger partial charge on any atom is 0.337 e. The molecule has 0 saturated carbocycles. The Balaban J connectivity index is 1.14. The predicted molar refractivity (Wildman–Crippen MR) is 188 cm³/mol. The van der Waals surface area contributed by atoms with Crippen LogP contribution in [-0.2, 0) is 18.0 Å². The van der Waals surface area contributed by atoms with Crippen molar-refractivity contribution in [1.29, 1.82) is 0 Å². The van der Waals surface area contributed by atoms with Crippen LogP contribution in [0.3, 0.4) is 0 Å². The molecule has 0 aliphatic heterocycles. The number of carbonyl (C=O) groups excluding carboxylic acids is 1. The molecule has 0 amide bonds. The molecular formula is C38H36N4O6S. The van der Waals surface area contributed by atoms with E-state index < -0.39 is 5.97 Å². The van der Waals surface area contributed by atoms with E-state index in [1.54, 1.807) is 42.7 Å². The monoisotopic (exact) mass is 676 g/mol. The second-order valence-electron chi connectivity index (χ2n) is 11.4. The topological polar surface area (TPSA) is 111 Å². The maximum absolute atomic E-state index is 11.8. The molecule has 0 atom stereocenters. The number of thiazole rings is 1. The van der Waals surface area contributed by atoms with Crippen LogP contribution in [0.1, 0.15) is 63.4 Å². The summed E-state index contributed by atoms with van der Waals surface area (Å²) in [4.78, 5) is 21.1. The van der Waals surface area contributed by atoms with E-state index in [4.69, 9.17) is 33.4 Å². The van der Waals surface area contributed by atoms with E-state index in [2.05, 4.69) is 24.2 Å². The van der Waals surface area contributed by atoms with Crippen LogP contribution in [0.2, 0.25) is 0 Å². The van der Waals surface area contributed by atoms with Crippen LogP contribution in [0, 0.1) is 6.92 Å². The zero-order valence-corrected chi connectivity index (χ0v) is 28.7. The summed E-state index contributed by atoms with van der Waals surface area (Å²) in [5, 5.41) is 7.90. The van der Waals surface area contributed by atoms with Gasteiger partial charge in [0, 0.05) is 23.1 Å². The minimum Gasteiger partial charge on any atom is -0.493 e. The van der Waals surface area contributed by atoms with Crippen molar-refractivity contribution in [3.8, 4) is 34.5 Å². The Morgan fingerprint density at radius 3 is 2.45 bits per heavy atom. The summed E-state index contributed by atoms with van der Waals surface area (Å²) in [6.45, 7) is 6.54. The molecular weight excluding hydrogens is 641 g/mol. The van der Waals surface area contributed by atoms with Crippen LogP contribution in [0.4, 0.5) is 0 Å². The van der Waals surface area contributed by atoms with Crippen molar-refractivity contribution in [2.45, 2.75) is 39.9 Å². The molecule has 0 aliphatic carbocycles. The van der Waals surface area contributed by atoms with Gasteiger partial charge in [0.2, 0.25) is 11.8 Å². The average Bonchev–Trinajstić information content (AvgIpc) is 3.88. The molecule has 0 radical (unpaired) electrons. The lowest BCUT2D eigenvalue weighted by molar-refractivity contribution is 0.0600. The SMILES string of the molecule is COC(=O)c1ccc(-c2nc(COc3ccc(COc4nn(-c5ccccc5)cc4/C=C/c4csc(C(C)C)n4)cc3OC)c(C)o2)cc1. The highest BCUT2D eigenvalue weighted by Crippen LogP contribution is 2.31. The van der Waals surface area contributed by atoms with E-state index in [9.17, 15) is 4.79 Å². The Morgan fingerprint density at radius 2 is 1.73 bits per heavy atom. The number of oxazole rings is 1. The summed E-state index contributed by atoms with van der Waals surface area (Å²) in [5.41, 5.74) is 5.37. The summed E-state index contributed by atoms with van der Waals surface area (Å²) in [5.74, 6) is 2.65. The lowest BCUT2D eigenvalue weighted by Gasteiger charge is -2.12. The first-order chi connectivity index (χ1) is 23.8. The number of hydrogen-bond donors (Lipinski definition) is 0. The van der Waals surface area contributed by atoms with Gasteiger partial charge in [0.15, 0.2) is 11.5 Å². The molecule has 6 rings (SSSR count). The van der Waals surface area contributed by atoms with Gasteiger partial charge < -0.3 is 23.4 Å². The van der Waals surface area contributed by atoms with Gasteiger partial charge in [-0.2, -0.15) is 0 Å². The third kappa shape index (κ3) is 7.90. The smallest absolute Gasteiger partial charge is 0.337 e. The molecule has 10 nitrogen and oxygen atoms in total. The number of benzene rings is 3. The van der Waals surface area contributed by atoms with Crippen LogP contribution in [0.25, 0.3) is 29.3 Å². The quantitative estimate of drug-likeness (QED) is 0.111. The van der Waals surface area contributed by atoms with Gasteiger partial charge >= 0.3 is 5.97 Å². The molecule has 3 aromatic heterocycles. The molecule has 0 saturated heterocycles. The molecule has 6 aromatic rings. The zero-order chi connectivity index (χ0) is 34.3. The Morgan fingerprint density at radius 1 is 0.939 bits per heavy atom. The molecule has 250 valence electrons. The number of aryl methyl sites for hydroxylation is 1. The normalized spacial score (nSPS) is 11.3. The molecule has 0 spiro atoms. The molecule has 0 fully saturated rings. The molecule has 0 unspecified atom stereocenters. The van der Waals surface area contributed by atoms with Gasteiger partial charge in [-0.15, -0.1) is 16.4 Å². The van der Waals surface area contributed by atoms with Crippen molar-refractivity contribution in [1.82, 2.24) is 19.7 Å². The van der Waals surface area contributed by atoms with Gasteiger partial charge in [0.1, 0.15) is 24.7 Å². The van der Waals surface area contributed by atoms with Crippen LogP contribution < -0.4 is 14.2 Å². The highest BCUT2D eigenvalue weighted by molar-refractivity contribution is 7.09. The maximum atomic E-state index is 11.8. The first-order valence-electron chi connectivity index (χ1n) is 15.7. The third-order valence-electron chi connectivity index (χ3n) is 7.61. The molecule has 11 heteroatoms. The van der Waals surface area contributed by atoms with Gasteiger partial charge in [-0.05, 0) is 73.2 Å². The minimum atomic E-state index is -0.404. The van der Waals surface area contributed by atoms with Gasteiger partial charge in [-0.25, -0.2) is 19.4 Å². The van der Waals surface area contributed by atoms with E-state index in [0.29, 0.717) is 46.2 Å². The fourth-order valence-electron chi connectivity index (χ4n) is 4.90. The van der Waals surface area contributed by atoms with Crippen LogP contribution in [0.15, 0.2) is 88.8 Å². The van der Waals surface area contributed by atoms with Gasteiger partial charge in [0.25, 0.3) is 0 Å². The summed E-state index contributed by atoms with van der Waals surface area (Å²) < 4.78 is 30.5.